The Morgan fingerprint density at radius 1 is 1.11 bits per heavy atom. The van der Waals surface area contributed by atoms with Crippen LogP contribution in [0.2, 0.25) is 0 Å². The molecule has 3 heterocycles. The smallest absolute Gasteiger partial charge is 0.157 e. The SMILES string of the molecule is O=C(CCC1OCCCO1)C1CC2CCC(C1)S2=O. The number of hydrogen-bond donors (Lipinski definition) is 0. The lowest BCUT2D eigenvalue weighted by Crippen LogP contribution is -2.33. The zero-order valence-electron chi connectivity index (χ0n) is 11.2. The summed E-state index contributed by atoms with van der Waals surface area (Å²) in [7, 11) is -0.666. The zero-order chi connectivity index (χ0) is 13.2. The summed E-state index contributed by atoms with van der Waals surface area (Å²) < 4.78 is 22.8. The van der Waals surface area contributed by atoms with Gasteiger partial charge in [-0.3, -0.25) is 9.00 Å². The highest BCUT2D eigenvalue weighted by atomic mass is 32.2. The Hall–Kier alpha value is -0.260. The molecular formula is C14H22O4S. The molecule has 3 aliphatic rings. The molecule has 2 bridgehead atoms. The van der Waals surface area contributed by atoms with Gasteiger partial charge in [0.25, 0.3) is 0 Å². The normalized spacial score (nSPS) is 39.4. The highest BCUT2D eigenvalue weighted by Crippen LogP contribution is 2.39. The molecule has 3 fully saturated rings. The summed E-state index contributed by atoms with van der Waals surface area (Å²) >= 11 is 0. The van der Waals surface area contributed by atoms with E-state index in [1.54, 1.807) is 0 Å². The molecule has 4 nitrogen and oxygen atoms in total. The van der Waals surface area contributed by atoms with Crippen LogP contribution in [-0.4, -0.2) is 40.0 Å². The van der Waals surface area contributed by atoms with Crippen molar-refractivity contribution in [3.8, 4) is 0 Å². The average molecular weight is 286 g/mol. The fraction of sp³-hybridized carbons (Fsp3) is 0.929. The van der Waals surface area contributed by atoms with Crippen LogP contribution >= 0.6 is 0 Å². The summed E-state index contributed by atoms with van der Waals surface area (Å²) in [4.78, 5) is 12.3. The van der Waals surface area contributed by atoms with Crippen LogP contribution in [0, 0.1) is 5.92 Å². The minimum Gasteiger partial charge on any atom is -0.353 e. The van der Waals surface area contributed by atoms with Crippen LogP contribution in [0.5, 0.6) is 0 Å². The van der Waals surface area contributed by atoms with Gasteiger partial charge < -0.3 is 9.47 Å². The van der Waals surface area contributed by atoms with Crippen molar-refractivity contribution in [2.24, 2.45) is 5.92 Å². The first-order valence-corrected chi connectivity index (χ1v) is 8.67. The van der Waals surface area contributed by atoms with Crippen LogP contribution < -0.4 is 0 Å². The van der Waals surface area contributed by atoms with E-state index in [1.165, 1.54) is 0 Å². The molecule has 3 aliphatic heterocycles. The molecule has 0 aliphatic carbocycles. The third-order valence-corrected chi connectivity index (χ3v) is 6.71. The Kier molecular flexibility index (Phi) is 4.34. The van der Waals surface area contributed by atoms with Gasteiger partial charge in [0.15, 0.2) is 6.29 Å². The fourth-order valence-corrected chi connectivity index (χ4v) is 5.59. The summed E-state index contributed by atoms with van der Waals surface area (Å²) in [5.41, 5.74) is 0. The quantitative estimate of drug-likeness (QED) is 0.790. The predicted molar refractivity (Wildman–Crippen MR) is 72.2 cm³/mol. The van der Waals surface area contributed by atoms with Crippen LogP contribution in [0.25, 0.3) is 0 Å². The van der Waals surface area contributed by atoms with Crippen LogP contribution in [0.4, 0.5) is 0 Å². The number of hydrogen-bond acceptors (Lipinski definition) is 4. The van der Waals surface area contributed by atoms with Gasteiger partial charge in [0.2, 0.25) is 0 Å². The highest BCUT2D eigenvalue weighted by molar-refractivity contribution is 7.86. The molecule has 108 valence electrons. The molecule has 0 aromatic carbocycles. The van der Waals surface area contributed by atoms with E-state index in [-0.39, 0.29) is 22.7 Å². The Balaban J connectivity index is 1.47. The monoisotopic (exact) mass is 286 g/mol. The topological polar surface area (TPSA) is 52.6 Å². The van der Waals surface area contributed by atoms with E-state index in [9.17, 15) is 9.00 Å². The molecule has 3 rings (SSSR count). The lowest BCUT2D eigenvalue weighted by Gasteiger charge is -2.27. The molecule has 5 heteroatoms. The van der Waals surface area contributed by atoms with E-state index < -0.39 is 10.8 Å². The summed E-state index contributed by atoms with van der Waals surface area (Å²) in [5, 5.41) is 0.574. The van der Waals surface area contributed by atoms with Crippen LogP contribution in [0.15, 0.2) is 0 Å². The second kappa shape index (κ2) is 6.02. The van der Waals surface area contributed by atoms with Gasteiger partial charge in [0.1, 0.15) is 5.78 Å². The van der Waals surface area contributed by atoms with Gasteiger partial charge >= 0.3 is 0 Å². The number of carbonyl (C=O) groups excluding carboxylic acids is 1. The van der Waals surface area contributed by atoms with Gasteiger partial charge in [-0.1, -0.05) is 0 Å². The molecule has 2 unspecified atom stereocenters. The van der Waals surface area contributed by atoms with Crippen molar-refractivity contribution in [3.63, 3.8) is 0 Å². The number of rotatable bonds is 4. The molecule has 0 saturated carbocycles. The molecular weight excluding hydrogens is 264 g/mol. The van der Waals surface area contributed by atoms with E-state index in [1.807, 2.05) is 0 Å². The summed E-state index contributed by atoms with van der Waals surface area (Å²) in [6.45, 7) is 1.48. The second-order valence-corrected chi connectivity index (χ2v) is 7.84. The third-order valence-electron chi connectivity index (χ3n) is 4.54. The van der Waals surface area contributed by atoms with E-state index >= 15 is 0 Å². The molecule has 0 radical (unpaired) electrons. The van der Waals surface area contributed by atoms with Gasteiger partial charge in [-0.25, -0.2) is 0 Å². The van der Waals surface area contributed by atoms with Crippen molar-refractivity contribution in [1.29, 1.82) is 0 Å². The maximum Gasteiger partial charge on any atom is 0.157 e. The standard InChI is InChI=1S/C14H22O4S/c15-13(4-5-14-17-6-1-7-18-14)10-8-11-2-3-12(9-10)19(11)16/h10-12,14H,1-9H2. The lowest BCUT2D eigenvalue weighted by molar-refractivity contribution is -0.182. The number of fused-ring (bicyclic) bond motifs is 2. The van der Waals surface area contributed by atoms with Crippen molar-refractivity contribution < 1.29 is 18.5 Å². The lowest BCUT2D eigenvalue weighted by atomic mass is 9.92. The van der Waals surface area contributed by atoms with Gasteiger partial charge in [0, 0.05) is 40.1 Å². The minimum absolute atomic E-state index is 0.138. The first-order valence-electron chi connectivity index (χ1n) is 7.39. The van der Waals surface area contributed by atoms with Gasteiger partial charge in [-0.05, 0) is 32.1 Å². The number of carbonyl (C=O) groups is 1. The number of Topliss-reactive ketones (excluding diaryl/α,β-unsaturated/α-hetero) is 1. The van der Waals surface area contributed by atoms with Gasteiger partial charge in [0.05, 0.1) is 13.2 Å². The molecule has 0 aromatic rings. The molecule has 0 aromatic heterocycles. The maximum atomic E-state index is 12.3. The summed E-state index contributed by atoms with van der Waals surface area (Å²) in [6, 6.07) is 0. The Bertz CT molecular complexity index is 348. The molecule has 2 atom stereocenters. The Labute approximate surface area is 116 Å². The van der Waals surface area contributed by atoms with Gasteiger partial charge in [-0.2, -0.15) is 0 Å². The molecule has 3 saturated heterocycles. The summed E-state index contributed by atoms with van der Waals surface area (Å²) in [6.07, 6.45) is 5.76. The van der Waals surface area contributed by atoms with Crippen LogP contribution in [0.3, 0.4) is 0 Å². The number of ether oxygens (including phenoxy) is 2. The number of ketones is 1. The van der Waals surface area contributed by atoms with Crippen molar-refractivity contribution >= 4 is 16.6 Å². The van der Waals surface area contributed by atoms with Gasteiger partial charge in [-0.15, -0.1) is 0 Å². The van der Waals surface area contributed by atoms with Crippen molar-refractivity contribution in [2.45, 2.75) is 61.7 Å². The molecule has 19 heavy (non-hydrogen) atoms. The summed E-state index contributed by atoms with van der Waals surface area (Å²) in [5.74, 6) is 0.463. The third kappa shape index (κ3) is 3.09. The largest absolute Gasteiger partial charge is 0.353 e. The fourth-order valence-electron chi connectivity index (χ4n) is 3.46. The first kappa shape index (κ1) is 13.7. The van der Waals surface area contributed by atoms with E-state index in [2.05, 4.69) is 0 Å². The van der Waals surface area contributed by atoms with Crippen molar-refractivity contribution in [2.75, 3.05) is 13.2 Å². The Morgan fingerprint density at radius 3 is 2.37 bits per heavy atom. The first-order chi connectivity index (χ1) is 9.24. The highest BCUT2D eigenvalue weighted by Gasteiger charge is 2.42. The maximum absolute atomic E-state index is 12.3. The minimum atomic E-state index is -0.666. The predicted octanol–water partition coefficient (Wildman–Crippen LogP) is 1.79. The van der Waals surface area contributed by atoms with Crippen LogP contribution in [0.1, 0.15) is 44.9 Å². The van der Waals surface area contributed by atoms with Crippen LogP contribution in [-0.2, 0) is 25.1 Å². The van der Waals surface area contributed by atoms with E-state index in [0.717, 1.165) is 45.3 Å². The average Bonchev–Trinajstić information content (AvgIpc) is 2.68. The van der Waals surface area contributed by atoms with Crippen molar-refractivity contribution in [1.82, 2.24) is 0 Å². The molecule has 0 amide bonds. The second-order valence-electron chi connectivity index (χ2n) is 5.85. The molecule has 0 N–H and O–H groups in total. The van der Waals surface area contributed by atoms with E-state index in [4.69, 9.17) is 9.47 Å². The Morgan fingerprint density at radius 2 is 1.74 bits per heavy atom. The van der Waals surface area contributed by atoms with E-state index in [0.29, 0.717) is 18.6 Å². The zero-order valence-corrected chi connectivity index (χ0v) is 12.0. The van der Waals surface area contributed by atoms with Crippen molar-refractivity contribution in [3.05, 3.63) is 0 Å². The molecule has 0 spiro atoms.